The fourth-order valence-corrected chi connectivity index (χ4v) is 2.63. The highest BCUT2D eigenvalue weighted by molar-refractivity contribution is 8.00. The van der Waals surface area contributed by atoms with Gasteiger partial charge in [0.2, 0.25) is 0 Å². The molecule has 0 saturated heterocycles. The molecule has 1 aromatic rings. The summed E-state index contributed by atoms with van der Waals surface area (Å²) in [6, 6.07) is 0. The highest BCUT2D eigenvalue weighted by Gasteiger charge is 2.24. The Morgan fingerprint density at radius 3 is 2.38 bits per heavy atom. The Labute approximate surface area is 128 Å². The van der Waals surface area contributed by atoms with Crippen LogP contribution >= 0.6 is 11.8 Å². The molecule has 0 aliphatic carbocycles. The van der Waals surface area contributed by atoms with Crippen molar-refractivity contribution >= 4 is 23.7 Å². The minimum absolute atomic E-state index is 0.0422. The maximum Gasteiger partial charge on any atom is 0.340 e. The summed E-state index contributed by atoms with van der Waals surface area (Å²) in [4.78, 5) is 31.6. The van der Waals surface area contributed by atoms with Crippen LogP contribution in [-0.2, 0) is 9.53 Å². The number of aryl methyl sites for hydroxylation is 1. The lowest BCUT2D eigenvalue weighted by molar-refractivity contribution is -0.142. The molecule has 0 radical (unpaired) electrons. The molecular weight excluding hydrogens is 292 g/mol. The summed E-state index contributed by atoms with van der Waals surface area (Å²) in [5.74, 6) is -0.845. The van der Waals surface area contributed by atoms with Crippen LogP contribution in [0.5, 0.6) is 0 Å². The first kappa shape index (κ1) is 17.4. The van der Waals surface area contributed by atoms with Gasteiger partial charge in [0.15, 0.2) is 0 Å². The van der Waals surface area contributed by atoms with Gasteiger partial charge in [-0.1, -0.05) is 25.6 Å². The van der Waals surface area contributed by atoms with E-state index in [2.05, 4.69) is 9.97 Å². The second kappa shape index (κ2) is 7.40. The van der Waals surface area contributed by atoms with Gasteiger partial charge in [-0.15, -0.1) is 0 Å². The van der Waals surface area contributed by atoms with E-state index in [1.165, 1.54) is 0 Å². The second-order valence-electron chi connectivity index (χ2n) is 4.82. The first-order chi connectivity index (χ1) is 9.77. The van der Waals surface area contributed by atoms with Crippen molar-refractivity contribution < 1.29 is 19.4 Å². The lowest BCUT2D eigenvalue weighted by atomic mass is 10.2. The van der Waals surface area contributed by atoms with Gasteiger partial charge in [-0.25, -0.2) is 14.8 Å². The Kier molecular flexibility index (Phi) is 6.14. The molecule has 0 amide bonds. The SMILES string of the molecule is CCOC(=O)C(C)Sc1nc(C(C)C)nc(C)c1C(=O)O. The van der Waals surface area contributed by atoms with Gasteiger partial charge in [0.05, 0.1) is 12.3 Å². The third-order valence-corrected chi connectivity index (χ3v) is 3.78. The van der Waals surface area contributed by atoms with Crippen molar-refractivity contribution in [3.63, 3.8) is 0 Å². The Morgan fingerprint density at radius 2 is 1.90 bits per heavy atom. The van der Waals surface area contributed by atoms with Gasteiger partial charge in [0.25, 0.3) is 0 Å². The number of carboxylic acids is 1. The number of thioether (sulfide) groups is 1. The predicted molar refractivity (Wildman–Crippen MR) is 79.8 cm³/mol. The standard InChI is InChI=1S/C14H20N2O4S/c1-6-20-14(19)9(5)21-12-10(13(17)18)8(4)15-11(16-12)7(2)3/h7,9H,6H2,1-5H3,(H,17,18). The molecule has 0 aliphatic heterocycles. The molecule has 0 bridgehead atoms. The van der Waals surface area contributed by atoms with Crippen LogP contribution in [0.2, 0.25) is 0 Å². The predicted octanol–water partition coefficient (Wildman–Crippen LogP) is 2.65. The summed E-state index contributed by atoms with van der Waals surface area (Å²) in [5.41, 5.74) is 0.445. The lowest BCUT2D eigenvalue weighted by Crippen LogP contribution is -2.18. The number of nitrogens with zero attached hydrogens (tertiary/aromatic N) is 2. The quantitative estimate of drug-likeness (QED) is 0.490. The zero-order valence-electron chi connectivity index (χ0n) is 12.8. The summed E-state index contributed by atoms with van der Waals surface area (Å²) in [6.07, 6.45) is 0. The van der Waals surface area contributed by atoms with E-state index in [1.54, 1.807) is 20.8 Å². The van der Waals surface area contributed by atoms with Gasteiger partial charge in [0, 0.05) is 5.92 Å². The van der Waals surface area contributed by atoms with Crippen LogP contribution in [0.15, 0.2) is 5.03 Å². The van der Waals surface area contributed by atoms with Gasteiger partial charge in [0.1, 0.15) is 21.7 Å². The maximum atomic E-state index is 11.7. The number of carboxylic acid groups (broad SMARTS) is 1. The third-order valence-electron chi connectivity index (χ3n) is 2.71. The Morgan fingerprint density at radius 1 is 1.29 bits per heavy atom. The van der Waals surface area contributed by atoms with Crippen LogP contribution in [0, 0.1) is 6.92 Å². The molecule has 116 valence electrons. The van der Waals surface area contributed by atoms with Crippen molar-refractivity contribution in [1.29, 1.82) is 0 Å². The summed E-state index contributed by atoms with van der Waals surface area (Å²) >= 11 is 1.09. The van der Waals surface area contributed by atoms with Crippen LogP contribution in [0.4, 0.5) is 0 Å². The minimum atomic E-state index is -1.10. The van der Waals surface area contributed by atoms with E-state index >= 15 is 0 Å². The van der Waals surface area contributed by atoms with Crippen molar-refractivity contribution in [2.45, 2.75) is 50.8 Å². The van der Waals surface area contributed by atoms with Crippen molar-refractivity contribution in [3.05, 3.63) is 17.1 Å². The van der Waals surface area contributed by atoms with E-state index in [-0.39, 0.29) is 24.1 Å². The van der Waals surface area contributed by atoms with Crippen molar-refractivity contribution in [2.24, 2.45) is 0 Å². The molecule has 1 atom stereocenters. The van der Waals surface area contributed by atoms with Gasteiger partial charge in [-0.3, -0.25) is 4.79 Å². The van der Waals surface area contributed by atoms with E-state index in [0.29, 0.717) is 16.5 Å². The highest BCUT2D eigenvalue weighted by atomic mass is 32.2. The normalized spacial score (nSPS) is 12.3. The molecule has 1 rings (SSSR count). The molecule has 1 heterocycles. The number of esters is 1. The molecule has 0 aliphatic rings. The van der Waals surface area contributed by atoms with Gasteiger partial charge in [-0.05, 0) is 20.8 Å². The maximum absolute atomic E-state index is 11.7. The Hall–Kier alpha value is -1.63. The van der Waals surface area contributed by atoms with Crippen LogP contribution in [0.25, 0.3) is 0 Å². The number of aromatic nitrogens is 2. The van der Waals surface area contributed by atoms with Crippen LogP contribution in [0.3, 0.4) is 0 Å². The van der Waals surface area contributed by atoms with E-state index in [4.69, 9.17) is 4.74 Å². The Balaban J connectivity index is 3.19. The minimum Gasteiger partial charge on any atom is -0.478 e. The van der Waals surface area contributed by atoms with Crippen LogP contribution in [-0.4, -0.2) is 38.9 Å². The average Bonchev–Trinajstić information content (AvgIpc) is 2.37. The molecule has 0 spiro atoms. The molecule has 0 fully saturated rings. The number of hydrogen-bond donors (Lipinski definition) is 1. The number of carbonyl (C=O) groups is 2. The van der Waals surface area contributed by atoms with E-state index in [1.807, 2.05) is 13.8 Å². The molecule has 6 nitrogen and oxygen atoms in total. The molecule has 1 N–H and O–H groups in total. The summed E-state index contributed by atoms with van der Waals surface area (Å²) < 4.78 is 4.93. The molecule has 0 saturated carbocycles. The third kappa shape index (κ3) is 4.42. The smallest absolute Gasteiger partial charge is 0.340 e. The fraction of sp³-hybridized carbons (Fsp3) is 0.571. The molecule has 1 aromatic heterocycles. The van der Waals surface area contributed by atoms with E-state index in [0.717, 1.165) is 11.8 Å². The van der Waals surface area contributed by atoms with Crippen LogP contribution in [0.1, 0.15) is 55.5 Å². The number of aromatic carboxylic acids is 1. The largest absolute Gasteiger partial charge is 0.478 e. The van der Waals surface area contributed by atoms with Crippen molar-refractivity contribution in [3.8, 4) is 0 Å². The lowest BCUT2D eigenvalue weighted by Gasteiger charge is -2.14. The van der Waals surface area contributed by atoms with E-state index < -0.39 is 11.2 Å². The summed E-state index contributed by atoms with van der Waals surface area (Å²) in [5, 5.41) is 9.10. The highest BCUT2D eigenvalue weighted by Crippen LogP contribution is 2.28. The first-order valence-corrected chi connectivity index (χ1v) is 7.61. The number of carbonyl (C=O) groups excluding carboxylic acids is 1. The summed E-state index contributed by atoms with van der Waals surface area (Å²) in [7, 11) is 0. The van der Waals surface area contributed by atoms with Crippen molar-refractivity contribution in [1.82, 2.24) is 9.97 Å². The number of rotatable bonds is 6. The average molecular weight is 312 g/mol. The molecule has 7 heteroatoms. The molecular formula is C14H20N2O4S. The zero-order valence-corrected chi connectivity index (χ0v) is 13.7. The zero-order chi connectivity index (χ0) is 16.2. The second-order valence-corrected chi connectivity index (χ2v) is 6.15. The fourth-order valence-electron chi connectivity index (χ4n) is 1.63. The summed E-state index contributed by atoms with van der Waals surface area (Å²) in [6.45, 7) is 9.17. The molecule has 0 aromatic carbocycles. The van der Waals surface area contributed by atoms with Crippen LogP contribution < -0.4 is 0 Å². The number of hydrogen-bond acceptors (Lipinski definition) is 6. The van der Waals surface area contributed by atoms with Gasteiger partial charge >= 0.3 is 11.9 Å². The first-order valence-electron chi connectivity index (χ1n) is 6.73. The van der Waals surface area contributed by atoms with Crippen molar-refractivity contribution in [2.75, 3.05) is 6.61 Å². The number of ether oxygens (including phenoxy) is 1. The van der Waals surface area contributed by atoms with Gasteiger partial charge in [-0.2, -0.15) is 0 Å². The topological polar surface area (TPSA) is 89.4 Å². The monoisotopic (exact) mass is 312 g/mol. The van der Waals surface area contributed by atoms with Gasteiger partial charge < -0.3 is 9.84 Å². The molecule has 21 heavy (non-hydrogen) atoms. The molecule has 1 unspecified atom stereocenters. The van der Waals surface area contributed by atoms with E-state index in [9.17, 15) is 14.7 Å². The Bertz CT molecular complexity index is 546.